The number of halogens is 3. The Morgan fingerprint density at radius 1 is 1.08 bits per heavy atom. The molecule has 3 heterocycles. The summed E-state index contributed by atoms with van der Waals surface area (Å²) in [7, 11) is 0. The van der Waals surface area contributed by atoms with E-state index in [-0.39, 0.29) is 30.6 Å². The number of benzene rings is 2. The number of Topliss-reactive ketones (excluding diaryl/α,β-unsaturated/α-hetero) is 1. The van der Waals surface area contributed by atoms with Crippen molar-refractivity contribution in [2.45, 2.75) is 31.7 Å². The predicted molar refractivity (Wildman–Crippen MR) is 139 cm³/mol. The molecule has 1 aliphatic heterocycles. The SMILES string of the molecule is C=CC(=O)N1CCCC(n2nc(-c3ccc(CCC(=O)c4ccc(F)c(F)c4F)cc3)c3c(N)ncnc32)C1. The van der Waals surface area contributed by atoms with Crippen molar-refractivity contribution >= 4 is 28.5 Å². The van der Waals surface area contributed by atoms with Gasteiger partial charge in [0.2, 0.25) is 5.91 Å². The smallest absolute Gasteiger partial charge is 0.246 e. The van der Waals surface area contributed by atoms with Gasteiger partial charge in [0.1, 0.15) is 17.8 Å². The highest BCUT2D eigenvalue weighted by Crippen LogP contribution is 2.34. The zero-order valence-electron chi connectivity index (χ0n) is 20.9. The molecule has 4 aromatic rings. The molecule has 11 heteroatoms. The van der Waals surface area contributed by atoms with Crippen molar-refractivity contribution in [3.8, 4) is 11.3 Å². The largest absolute Gasteiger partial charge is 0.383 e. The molecular weight excluding hydrogens is 509 g/mol. The number of aryl methyl sites for hydroxylation is 1. The fraction of sp³-hybridized carbons (Fsp3) is 0.250. The van der Waals surface area contributed by atoms with Gasteiger partial charge in [-0.25, -0.2) is 27.8 Å². The lowest BCUT2D eigenvalue weighted by molar-refractivity contribution is -0.127. The Balaban J connectivity index is 1.38. The summed E-state index contributed by atoms with van der Waals surface area (Å²) in [5, 5.41) is 5.44. The van der Waals surface area contributed by atoms with E-state index in [1.165, 1.54) is 12.4 Å². The highest BCUT2D eigenvalue weighted by Gasteiger charge is 2.28. The molecule has 8 nitrogen and oxygen atoms in total. The summed E-state index contributed by atoms with van der Waals surface area (Å²) in [5.41, 5.74) is 8.44. The van der Waals surface area contributed by atoms with Crippen LogP contribution < -0.4 is 5.73 Å². The molecule has 5 rings (SSSR count). The number of nitrogens with two attached hydrogens (primary N) is 1. The molecule has 39 heavy (non-hydrogen) atoms. The number of fused-ring (bicyclic) bond motifs is 1. The maximum absolute atomic E-state index is 14.0. The maximum Gasteiger partial charge on any atom is 0.246 e. The van der Waals surface area contributed by atoms with Crippen molar-refractivity contribution in [1.29, 1.82) is 0 Å². The van der Waals surface area contributed by atoms with Crippen LogP contribution in [0.15, 0.2) is 55.4 Å². The molecule has 1 aliphatic rings. The van der Waals surface area contributed by atoms with Crippen LogP contribution >= 0.6 is 0 Å². The van der Waals surface area contributed by atoms with Gasteiger partial charge < -0.3 is 10.6 Å². The minimum absolute atomic E-state index is 0.0821. The second-order valence-corrected chi connectivity index (χ2v) is 9.38. The van der Waals surface area contributed by atoms with E-state index in [9.17, 15) is 22.8 Å². The van der Waals surface area contributed by atoms with Crippen LogP contribution in [-0.4, -0.2) is 49.4 Å². The number of carbonyl (C=O) groups excluding carboxylic acids is 2. The molecule has 0 saturated carbocycles. The van der Waals surface area contributed by atoms with E-state index in [0.29, 0.717) is 29.8 Å². The Bertz CT molecular complexity index is 1580. The zero-order valence-corrected chi connectivity index (χ0v) is 20.9. The quantitative estimate of drug-likeness (QED) is 0.210. The maximum atomic E-state index is 14.0. The molecule has 1 fully saturated rings. The average Bonchev–Trinajstić information content (AvgIpc) is 3.35. The van der Waals surface area contributed by atoms with Crippen molar-refractivity contribution in [1.82, 2.24) is 24.6 Å². The number of likely N-dealkylation sites (tertiary alicyclic amines) is 1. The molecule has 0 aliphatic carbocycles. The monoisotopic (exact) mass is 534 g/mol. The van der Waals surface area contributed by atoms with Crippen LogP contribution in [-0.2, 0) is 11.2 Å². The van der Waals surface area contributed by atoms with Crippen LogP contribution in [0.2, 0.25) is 0 Å². The number of carbonyl (C=O) groups is 2. The van der Waals surface area contributed by atoms with Crippen molar-refractivity contribution in [3.63, 3.8) is 0 Å². The summed E-state index contributed by atoms with van der Waals surface area (Å²) in [5.74, 6) is -4.96. The van der Waals surface area contributed by atoms with Gasteiger partial charge in [-0.15, -0.1) is 0 Å². The summed E-state index contributed by atoms with van der Waals surface area (Å²) >= 11 is 0. The summed E-state index contributed by atoms with van der Waals surface area (Å²) < 4.78 is 42.4. The highest BCUT2D eigenvalue weighted by molar-refractivity contribution is 5.98. The summed E-state index contributed by atoms with van der Waals surface area (Å²) in [6.45, 7) is 4.70. The molecule has 1 saturated heterocycles. The molecule has 0 bridgehead atoms. The van der Waals surface area contributed by atoms with E-state index in [2.05, 4.69) is 16.5 Å². The lowest BCUT2D eigenvalue weighted by Crippen LogP contribution is -2.40. The fourth-order valence-electron chi connectivity index (χ4n) is 4.90. The van der Waals surface area contributed by atoms with Crippen LogP contribution in [0, 0.1) is 17.5 Å². The molecule has 0 spiro atoms. The molecule has 2 N–H and O–H groups in total. The van der Waals surface area contributed by atoms with Crippen molar-refractivity contribution in [2.75, 3.05) is 18.8 Å². The summed E-state index contributed by atoms with van der Waals surface area (Å²) in [6, 6.07) is 8.85. The number of nitrogen functional groups attached to an aromatic ring is 1. The molecule has 2 aromatic carbocycles. The van der Waals surface area contributed by atoms with Gasteiger partial charge in [0.05, 0.1) is 17.0 Å². The number of hydrogen-bond acceptors (Lipinski definition) is 6. The van der Waals surface area contributed by atoms with Gasteiger partial charge in [-0.1, -0.05) is 30.8 Å². The van der Waals surface area contributed by atoms with Gasteiger partial charge in [-0.05, 0) is 43.0 Å². The minimum atomic E-state index is -1.66. The first kappa shape index (κ1) is 26.1. The standard InChI is InChI=1S/C28H25F3N6O2/c1-2-22(39)36-13-3-4-18(14-36)37-28-23(27(32)33-15-34-28)26(35-37)17-8-5-16(6-9-17)7-12-21(38)19-10-11-20(29)25(31)24(19)30/h2,5-6,8-11,15,18H,1,3-4,7,12-14H2,(H2,32,33,34). The van der Waals surface area contributed by atoms with Gasteiger partial charge in [0, 0.05) is 25.1 Å². The summed E-state index contributed by atoms with van der Waals surface area (Å²) in [6.07, 6.45) is 4.49. The van der Waals surface area contributed by atoms with E-state index < -0.39 is 28.8 Å². The number of ketones is 1. The Kier molecular flexibility index (Phi) is 7.14. The van der Waals surface area contributed by atoms with Crippen LogP contribution in [0.1, 0.15) is 41.2 Å². The lowest BCUT2D eigenvalue weighted by Gasteiger charge is -2.32. The van der Waals surface area contributed by atoms with E-state index in [4.69, 9.17) is 10.8 Å². The first-order valence-electron chi connectivity index (χ1n) is 12.4. The zero-order chi connectivity index (χ0) is 27.7. The number of hydrogen-bond donors (Lipinski definition) is 1. The molecule has 1 unspecified atom stereocenters. The number of piperidine rings is 1. The fourth-order valence-corrected chi connectivity index (χ4v) is 4.90. The Hall–Kier alpha value is -4.54. The number of amides is 1. The summed E-state index contributed by atoms with van der Waals surface area (Å²) in [4.78, 5) is 34.9. The molecular formula is C28H25F3N6O2. The minimum Gasteiger partial charge on any atom is -0.383 e. The van der Waals surface area contributed by atoms with Gasteiger partial charge in [0.15, 0.2) is 28.9 Å². The first-order chi connectivity index (χ1) is 18.8. The number of nitrogens with zero attached hydrogens (tertiary/aromatic N) is 5. The van der Waals surface area contributed by atoms with Crippen LogP contribution in [0.5, 0.6) is 0 Å². The molecule has 1 amide bonds. The molecule has 1 atom stereocenters. The first-order valence-corrected chi connectivity index (χ1v) is 12.4. The van der Waals surface area contributed by atoms with Gasteiger partial charge in [-0.2, -0.15) is 5.10 Å². The second kappa shape index (κ2) is 10.7. The molecule has 0 radical (unpaired) electrons. The molecule has 2 aromatic heterocycles. The van der Waals surface area contributed by atoms with E-state index in [1.54, 1.807) is 21.7 Å². The third-order valence-corrected chi connectivity index (χ3v) is 6.95. The predicted octanol–water partition coefficient (Wildman–Crippen LogP) is 4.66. The van der Waals surface area contributed by atoms with Gasteiger partial charge in [0.25, 0.3) is 0 Å². The van der Waals surface area contributed by atoms with Crippen LogP contribution in [0.3, 0.4) is 0 Å². The van der Waals surface area contributed by atoms with Gasteiger partial charge >= 0.3 is 0 Å². The van der Waals surface area contributed by atoms with Crippen LogP contribution in [0.4, 0.5) is 19.0 Å². The van der Waals surface area contributed by atoms with Crippen LogP contribution in [0.25, 0.3) is 22.3 Å². The third kappa shape index (κ3) is 4.99. The Labute approximate surface area is 222 Å². The number of aromatic nitrogens is 4. The van der Waals surface area contributed by atoms with Crippen molar-refractivity contribution in [3.05, 3.63) is 84.0 Å². The Morgan fingerprint density at radius 2 is 1.85 bits per heavy atom. The van der Waals surface area contributed by atoms with Crippen molar-refractivity contribution in [2.24, 2.45) is 0 Å². The average molecular weight is 535 g/mol. The van der Waals surface area contributed by atoms with E-state index in [0.717, 1.165) is 36.1 Å². The lowest BCUT2D eigenvalue weighted by atomic mass is 10.0. The second-order valence-electron chi connectivity index (χ2n) is 9.38. The topological polar surface area (TPSA) is 107 Å². The van der Waals surface area contributed by atoms with Crippen molar-refractivity contribution < 1.29 is 22.8 Å². The van der Waals surface area contributed by atoms with Gasteiger partial charge in [-0.3, -0.25) is 9.59 Å². The van der Waals surface area contributed by atoms with E-state index in [1.807, 2.05) is 12.1 Å². The van der Waals surface area contributed by atoms with E-state index >= 15 is 0 Å². The Morgan fingerprint density at radius 3 is 2.59 bits per heavy atom. The number of anilines is 1. The third-order valence-electron chi connectivity index (χ3n) is 6.95. The number of rotatable bonds is 7. The molecule has 200 valence electrons. The normalized spacial score (nSPS) is 15.5. The highest BCUT2D eigenvalue weighted by atomic mass is 19.2.